The fraction of sp³-hybridized carbons (Fsp3) is 0.440. The van der Waals surface area contributed by atoms with Crippen LogP contribution in [0.25, 0.3) is 10.1 Å². The molecule has 6 nitrogen and oxygen atoms in total. The van der Waals surface area contributed by atoms with Crippen molar-refractivity contribution in [1.29, 1.82) is 0 Å². The lowest BCUT2D eigenvalue weighted by Crippen LogP contribution is -2.32. The number of amides is 1. The highest BCUT2D eigenvalue weighted by molar-refractivity contribution is 7.13. The van der Waals surface area contributed by atoms with Crippen LogP contribution in [-0.2, 0) is 20.9 Å². The van der Waals surface area contributed by atoms with E-state index < -0.39 is 5.92 Å². The highest BCUT2D eigenvalue weighted by Crippen LogP contribution is 2.44. The number of aryl methyl sites for hydroxylation is 2. The fourth-order valence-electron chi connectivity index (χ4n) is 4.84. The summed E-state index contributed by atoms with van der Waals surface area (Å²) >= 11 is 1.47. The minimum absolute atomic E-state index is 0.00707. The maximum absolute atomic E-state index is 13.7. The maximum Gasteiger partial charge on any atom is 0.306 e. The van der Waals surface area contributed by atoms with Gasteiger partial charge in [-0.25, -0.2) is 0 Å². The van der Waals surface area contributed by atoms with Crippen LogP contribution >= 0.6 is 11.5 Å². The first-order chi connectivity index (χ1) is 15.4. The van der Waals surface area contributed by atoms with Crippen molar-refractivity contribution in [1.82, 2.24) is 9.36 Å². The predicted molar refractivity (Wildman–Crippen MR) is 127 cm³/mol. The largest absolute Gasteiger partial charge is 0.466 e. The Labute approximate surface area is 192 Å². The number of nitrogens with zero attached hydrogens (tertiary/aromatic N) is 3. The normalized spacial score (nSPS) is 16.4. The smallest absolute Gasteiger partial charge is 0.306 e. The lowest BCUT2D eigenvalue weighted by atomic mass is 9.84. The number of rotatable bonds is 8. The van der Waals surface area contributed by atoms with Crippen LogP contribution in [0.2, 0.25) is 0 Å². The molecule has 2 atom stereocenters. The van der Waals surface area contributed by atoms with Crippen molar-refractivity contribution in [3.8, 4) is 0 Å². The zero-order valence-electron chi connectivity index (χ0n) is 19.1. The van der Waals surface area contributed by atoms with Gasteiger partial charge in [0, 0.05) is 18.0 Å². The Morgan fingerprint density at radius 3 is 2.84 bits per heavy atom. The van der Waals surface area contributed by atoms with Crippen molar-refractivity contribution in [2.45, 2.75) is 59.4 Å². The van der Waals surface area contributed by atoms with Gasteiger partial charge in [0.1, 0.15) is 0 Å². The molecule has 0 saturated heterocycles. The van der Waals surface area contributed by atoms with Crippen LogP contribution in [0.15, 0.2) is 30.5 Å². The maximum atomic E-state index is 13.7. The number of esters is 1. The molecule has 1 aliphatic rings. The average molecular weight is 452 g/mol. The van der Waals surface area contributed by atoms with E-state index in [1.165, 1.54) is 22.7 Å². The number of pyridine rings is 1. The molecule has 3 aromatic rings. The van der Waals surface area contributed by atoms with Crippen LogP contribution in [0.4, 0.5) is 5.69 Å². The standard InChI is InChI=1S/C25H29N3O3S/c1-5-8-17(13-21(29)31-6-2)23-24-19(9-7-10-26-24)28(25(23)30)14-18-22-16(4)11-15(3)12-20(22)32-27-18/h7,9-12,17,23H,5-6,8,13-14H2,1-4H3/t17-,23?/m0/s1. The molecule has 1 aromatic carbocycles. The number of aromatic nitrogens is 2. The Kier molecular flexibility index (Phi) is 6.55. The van der Waals surface area contributed by atoms with Crippen LogP contribution in [0.5, 0.6) is 0 Å². The monoisotopic (exact) mass is 451 g/mol. The summed E-state index contributed by atoms with van der Waals surface area (Å²) in [6, 6.07) is 8.10. The SMILES string of the molecule is CCC[C@@H](CC(=O)OCC)C1C(=O)N(Cc2nsc3cc(C)cc(C)c23)c2cccnc21. The topological polar surface area (TPSA) is 72.4 Å². The molecule has 0 bridgehead atoms. The summed E-state index contributed by atoms with van der Waals surface area (Å²) in [6.45, 7) is 8.78. The third-order valence-corrected chi connectivity index (χ3v) is 6.92. The Morgan fingerprint density at radius 2 is 2.09 bits per heavy atom. The Hall–Kier alpha value is -2.80. The summed E-state index contributed by atoms with van der Waals surface area (Å²) in [4.78, 5) is 32.4. The molecule has 168 valence electrons. The van der Waals surface area contributed by atoms with E-state index in [0.29, 0.717) is 13.2 Å². The molecule has 4 rings (SSSR count). The van der Waals surface area contributed by atoms with Crippen molar-refractivity contribution >= 4 is 39.2 Å². The molecule has 0 N–H and O–H groups in total. The minimum atomic E-state index is -0.441. The molecule has 0 aliphatic carbocycles. The van der Waals surface area contributed by atoms with Crippen LogP contribution < -0.4 is 4.90 Å². The summed E-state index contributed by atoms with van der Waals surface area (Å²) < 4.78 is 11.0. The average Bonchev–Trinajstić information content (AvgIpc) is 3.27. The number of ether oxygens (including phenoxy) is 1. The van der Waals surface area contributed by atoms with E-state index in [9.17, 15) is 9.59 Å². The van der Waals surface area contributed by atoms with E-state index >= 15 is 0 Å². The van der Waals surface area contributed by atoms with Gasteiger partial charge in [-0.1, -0.05) is 19.4 Å². The summed E-state index contributed by atoms with van der Waals surface area (Å²) in [5.41, 5.74) is 4.86. The van der Waals surface area contributed by atoms with Gasteiger partial charge in [0.05, 0.1) is 40.8 Å². The Bertz CT molecular complexity index is 1160. The molecule has 1 aliphatic heterocycles. The number of hydrogen-bond acceptors (Lipinski definition) is 6. The second kappa shape index (κ2) is 9.36. The number of hydrogen-bond donors (Lipinski definition) is 0. The highest BCUT2D eigenvalue weighted by Gasteiger charge is 2.43. The fourth-order valence-corrected chi connectivity index (χ4v) is 5.80. The highest BCUT2D eigenvalue weighted by atomic mass is 32.1. The second-order valence-electron chi connectivity index (χ2n) is 8.45. The van der Waals surface area contributed by atoms with Gasteiger partial charge in [-0.2, -0.15) is 4.37 Å². The van der Waals surface area contributed by atoms with Gasteiger partial charge in [-0.15, -0.1) is 0 Å². The molecule has 1 amide bonds. The minimum Gasteiger partial charge on any atom is -0.466 e. The molecule has 2 aromatic heterocycles. The van der Waals surface area contributed by atoms with Crippen LogP contribution in [-0.4, -0.2) is 27.8 Å². The molecular formula is C25H29N3O3S. The molecule has 0 saturated carbocycles. The van der Waals surface area contributed by atoms with E-state index in [1.807, 2.05) is 12.1 Å². The quantitative estimate of drug-likeness (QED) is 0.434. The number of carbonyl (C=O) groups is 2. The van der Waals surface area contributed by atoms with Crippen molar-refractivity contribution < 1.29 is 14.3 Å². The molecular weight excluding hydrogens is 422 g/mol. The second-order valence-corrected chi connectivity index (χ2v) is 9.26. The van der Waals surface area contributed by atoms with Crippen molar-refractivity contribution in [3.63, 3.8) is 0 Å². The number of fused-ring (bicyclic) bond motifs is 2. The summed E-state index contributed by atoms with van der Waals surface area (Å²) in [7, 11) is 0. The van der Waals surface area contributed by atoms with Crippen LogP contribution in [0.1, 0.15) is 61.5 Å². The van der Waals surface area contributed by atoms with Gasteiger partial charge >= 0.3 is 5.97 Å². The Morgan fingerprint density at radius 1 is 1.28 bits per heavy atom. The van der Waals surface area contributed by atoms with E-state index in [1.54, 1.807) is 18.0 Å². The third-order valence-electron chi connectivity index (χ3n) is 6.09. The van der Waals surface area contributed by atoms with Gasteiger partial charge < -0.3 is 9.64 Å². The number of carbonyl (C=O) groups excluding carboxylic acids is 2. The lowest BCUT2D eigenvalue weighted by molar-refractivity contribution is -0.144. The molecule has 0 spiro atoms. The zero-order chi connectivity index (χ0) is 22.8. The number of benzene rings is 1. The molecule has 7 heteroatoms. The van der Waals surface area contributed by atoms with Crippen LogP contribution in [0, 0.1) is 19.8 Å². The molecule has 1 unspecified atom stereocenters. The van der Waals surface area contributed by atoms with Crippen molar-refractivity contribution in [3.05, 3.63) is 53.0 Å². The van der Waals surface area contributed by atoms with Gasteiger partial charge in [0.2, 0.25) is 5.91 Å². The third kappa shape index (κ3) is 4.13. The van der Waals surface area contributed by atoms with Gasteiger partial charge in [-0.3, -0.25) is 14.6 Å². The van der Waals surface area contributed by atoms with Gasteiger partial charge in [-0.05, 0) is 74.0 Å². The predicted octanol–water partition coefficient (Wildman–Crippen LogP) is 5.31. The first-order valence-corrected chi connectivity index (χ1v) is 12.0. The van der Waals surface area contributed by atoms with E-state index in [-0.39, 0.29) is 24.2 Å². The summed E-state index contributed by atoms with van der Waals surface area (Å²) in [5, 5.41) is 1.12. The Balaban J connectivity index is 1.69. The molecule has 0 fully saturated rings. The number of anilines is 1. The first kappa shape index (κ1) is 22.4. The molecule has 32 heavy (non-hydrogen) atoms. The summed E-state index contributed by atoms with van der Waals surface area (Å²) in [5.74, 6) is -0.843. The molecule has 0 radical (unpaired) electrons. The van der Waals surface area contributed by atoms with Crippen molar-refractivity contribution in [2.24, 2.45) is 5.92 Å². The van der Waals surface area contributed by atoms with E-state index in [2.05, 4.69) is 37.9 Å². The summed E-state index contributed by atoms with van der Waals surface area (Å²) in [6.07, 6.45) is 3.59. The van der Waals surface area contributed by atoms with E-state index in [4.69, 9.17) is 9.11 Å². The van der Waals surface area contributed by atoms with Crippen LogP contribution in [0.3, 0.4) is 0 Å². The van der Waals surface area contributed by atoms with E-state index in [0.717, 1.165) is 40.0 Å². The lowest BCUT2D eigenvalue weighted by Gasteiger charge is -2.22. The first-order valence-electron chi connectivity index (χ1n) is 11.2. The molecule has 3 heterocycles. The van der Waals surface area contributed by atoms with Gasteiger partial charge in [0.25, 0.3) is 0 Å². The van der Waals surface area contributed by atoms with Crippen molar-refractivity contribution in [2.75, 3.05) is 11.5 Å². The van der Waals surface area contributed by atoms with Gasteiger partial charge in [0.15, 0.2) is 0 Å². The zero-order valence-corrected chi connectivity index (χ0v) is 19.9.